The van der Waals surface area contributed by atoms with Crippen molar-refractivity contribution in [1.29, 1.82) is 0 Å². The zero-order chi connectivity index (χ0) is 22.4. The highest BCUT2D eigenvalue weighted by Crippen LogP contribution is 2.33. The first-order valence-electron chi connectivity index (χ1n) is 9.49. The van der Waals surface area contributed by atoms with Crippen LogP contribution >= 0.6 is 23.1 Å². The number of hydrogen-bond acceptors (Lipinski definition) is 7. The van der Waals surface area contributed by atoms with E-state index in [-0.39, 0.29) is 5.56 Å². The van der Waals surface area contributed by atoms with Crippen molar-refractivity contribution in [2.75, 3.05) is 24.2 Å². The summed E-state index contributed by atoms with van der Waals surface area (Å²) in [7, 11) is 0. The molecule has 1 N–H and O–H groups in total. The first-order chi connectivity index (χ1) is 14.8. The van der Waals surface area contributed by atoms with Crippen molar-refractivity contribution in [3.8, 4) is 12.8 Å². The van der Waals surface area contributed by atoms with E-state index >= 15 is 0 Å². The van der Waals surface area contributed by atoms with Crippen LogP contribution in [-0.4, -0.2) is 38.9 Å². The molecule has 0 saturated carbocycles. The summed E-state index contributed by atoms with van der Waals surface area (Å²) in [5, 5.41) is 4.22. The van der Waals surface area contributed by atoms with Gasteiger partial charge in [0.1, 0.15) is 15.9 Å². The molecule has 3 aromatic rings. The van der Waals surface area contributed by atoms with Crippen molar-refractivity contribution in [1.82, 2.24) is 14.5 Å². The van der Waals surface area contributed by atoms with Gasteiger partial charge in [0, 0.05) is 30.4 Å². The van der Waals surface area contributed by atoms with Gasteiger partial charge in [-0.3, -0.25) is 14.4 Å². The number of thiophene rings is 1. The normalized spacial score (nSPS) is 10.6. The molecule has 0 aliphatic rings. The highest BCUT2D eigenvalue weighted by molar-refractivity contribution is 8.12. The minimum Gasteiger partial charge on any atom is -0.385 e. The van der Waals surface area contributed by atoms with Crippen LogP contribution in [0.2, 0.25) is 0 Å². The fourth-order valence-corrected chi connectivity index (χ4v) is 3.97. The number of nitrogens with one attached hydrogen (secondary N) is 1. The standard InChI is InChI=1S/C18H19N5OS2.C2H6.C2H2/c1-3-7-19-12-25-10-5-9-23-11-22-15-14-13(20-4-2)6-8-21-17(14)26-16(15)18(23)24;2*1-2/h3,5-6,8-9,11-12H,1,4,7,10H2,2H3,(H,20,21);1-2H3;1-2H/b9-5+,19-12?;;. The molecule has 0 unspecified atom stereocenters. The summed E-state index contributed by atoms with van der Waals surface area (Å²) in [5.41, 5.74) is 3.37. The van der Waals surface area contributed by atoms with E-state index < -0.39 is 0 Å². The molecule has 0 radical (unpaired) electrons. The molecule has 0 aliphatic heterocycles. The molecule has 0 saturated heterocycles. The number of hydrogen-bond donors (Lipinski definition) is 1. The van der Waals surface area contributed by atoms with Gasteiger partial charge >= 0.3 is 0 Å². The molecule has 3 rings (SSSR count). The van der Waals surface area contributed by atoms with Crippen molar-refractivity contribution < 1.29 is 0 Å². The molecule has 0 atom stereocenters. The molecule has 30 heavy (non-hydrogen) atoms. The number of fused-ring (bicyclic) bond motifs is 3. The number of terminal acetylenes is 1. The van der Waals surface area contributed by atoms with E-state index in [1.807, 2.05) is 32.9 Å². The monoisotopic (exact) mass is 441 g/mol. The third-order valence-corrected chi connectivity index (χ3v) is 5.27. The molecule has 158 valence electrons. The Balaban J connectivity index is 0.00000106. The summed E-state index contributed by atoms with van der Waals surface area (Å²) in [5.74, 6) is 0.726. The Morgan fingerprint density at radius 2 is 2.13 bits per heavy atom. The van der Waals surface area contributed by atoms with Crippen LogP contribution in [0.5, 0.6) is 0 Å². The van der Waals surface area contributed by atoms with Crippen LogP contribution in [0.4, 0.5) is 5.69 Å². The molecule has 6 nitrogen and oxygen atoms in total. The van der Waals surface area contributed by atoms with Crippen LogP contribution in [0.15, 0.2) is 47.1 Å². The first-order valence-corrected chi connectivity index (χ1v) is 11.4. The predicted octanol–water partition coefficient (Wildman–Crippen LogP) is 5.13. The molecule has 0 aliphatic carbocycles. The highest BCUT2D eigenvalue weighted by atomic mass is 32.2. The van der Waals surface area contributed by atoms with Gasteiger partial charge in [-0.2, -0.15) is 0 Å². The number of rotatable bonds is 8. The molecule has 0 bridgehead atoms. The molecular weight excluding hydrogens is 414 g/mol. The molecule has 0 aromatic carbocycles. The Morgan fingerprint density at radius 3 is 2.83 bits per heavy atom. The first kappa shape index (κ1) is 25.1. The Bertz CT molecular complexity index is 1080. The molecule has 8 heteroatoms. The predicted molar refractivity (Wildman–Crippen MR) is 136 cm³/mol. The van der Waals surface area contributed by atoms with Gasteiger partial charge in [-0.25, -0.2) is 9.97 Å². The van der Waals surface area contributed by atoms with E-state index in [9.17, 15) is 4.79 Å². The quantitative estimate of drug-likeness (QED) is 0.172. The van der Waals surface area contributed by atoms with E-state index in [0.717, 1.165) is 28.2 Å². The highest BCUT2D eigenvalue weighted by Gasteiger charge is 2.14. The average Bonchev–Trinajstić information content (AvgIpc) is 3.18. The van der Waals surface area contributed by atoms with Gasteiger partial charge in [0.2, 0.25) is 0 Å². The lowest BCUT2D eigenvalue weighted by atomic mass is 10.2. The second-order valence-corrected chi connectivity index (χ2v) is 7.16. The molecule has 0 fully saturated rings. The van der Waals surface area contributed by atoms with Crippen LogP contribution in [-0.2, 0) is 0 Å². The molecule has 3 heterocycles. The summed E-state index contributed by atoms with van der Waals surface area (Å²) in [6.07, 6.45) is 16.7. The maximum absolute atomic E-state index is 12.8. The molecule has 3 aromatic heterocycles. The Labute approximate surface area is 185 Å². The van der Waals surface area contributed by atoms with Crippen molar-refractivity contribution >= 4 is 61.0 Å². The van der Waals surface area contributed by atoms with Gasteiger partial charge in [-0.1, -0.05) is 26.0 Å². The van der Waals surface area contributed by atoms with Crippen molar-refractivity contribution in [3.63, 3.8) is 0 Å². The topological polar surface area (TPSA) is 72.2 Å². The fourth-order valence-electron chi connectivity index (χ4n) is 2.43. The third-order valence-electron chi connectivity index (χ3n) is 3.52. The van der Waals surface area contributed by atoms with Crippen molar-refractivity contribution in [3.05, 3.63) is 47.7 Å². The minimum absolute atomic E-state index is 0.0815. The Kier molecular flexibility index (Phi) is 11.9. The SMILES string of the molecule is C#C.C=CCN=CSC/C=C/n1cnc2c(sc3nccc(NCC)c32)c1=O.CC. The van der Waals surface area contributed by atoms with Gasteiger partial charge < -0.3 is 5.32 Å². The second kappa shape index (κ2) is 14.1. The van der Waals surface area contributed by atoms with Crippen molar-refractivity contribution in [2.24, 2.45) is 4.99 Å². The van der Waals surface area contributed by atoms with Gasteiger partial charge in [0.15, 0.2) is 0 Å². The number of aliphatic imine (C=N–C) groups is 1. The smallest absolute Gasteiger partial charge is 0.275 e. The van der Waals surface area contributed by atoms with E-state index in [2.05, 4.69) is 39.7 Å². The number of aromatic nitrogens is 3. The van der Waals surface area contributed by atoms with Crippen LogP contribution in [0.3, 0.4) is 0 Å². The van der Waals surface area contributed by atoms with Gasteiger partial charge in [0.25, 0.3) is 5.56 Å². The number of thioether (sulfide) groups is 1. The van der Waals surface area contributed by atoms with E-state index in [0.29, 0.717) is 16.8 Å². The lowest BCUT2D eigenvalue weighted by Gasteiger charge is -2.04. The summed E-state index contributed by atoms with van der Waals surface area (Å²) in [6, 6.07) is 1.91. The number of nitrogens with zero attached hydrogens (tertiary/aromatic N) is 4. The third kappa shape index (κ3) is 6.31. The van der Waals surface area contributed by atoms with E-state index in [1.54, 1.807) is 42.1 Å². The largest absolute Gasteiger partial charge is 0.385 e. The molecule has 0 amide bonds. The number of pyridine rings is 1. The van der Waals surface area contributed by atoms with E-state index in [1.165, 1.54) is 15.9 Å². The molecular formula is C22H27N5OS2. The maximum Gasteiger partial charge on any atom is 0.275 e. The van der Waals surface area contributed by atoms with Crippen LogP contribution in [0.25, 0.3) is 26.6 Å². The Hall–Kier alpha value is -2.89. The molecule has 0 spiro atoms. The van der Waals surface area contributed by atoms with Crippen LogP contribution in [0.1, 0.15) is 20.8 Å². The second-order valence-electron chi connectivity index (χ2n) is 5.28. The van der Waals surface area contributed by atoms with Crippen LogP contribution < -0.4 is 10.9 Å². The maximum atomic E-state index is 12.8. The lowest BCUT2D eigenvalue weighted by molar-refractivity contribution is 1.03. The summed E-state index contributed by atoms with van der Waals surface area (Å²) in [6.45, 7) is 11.1. The number of anilines is 1. The van der Waals surface area contributed by atoms with Crippen molar-refractivity contribution in [2.45, 2.75) is 20.8 Å². The summed E-state index contributed by atoms with van der Waals surface area (Å²) in [4.78, 5) is 26.6. The van der Waals surface area contributed by atoms with Gasteiger partial charge in [0.05, 0.1) is 23.0 Å². The zero-order valence-electron chi connectivity index (χ0n) is 17.5. The summed E-state index contributed by atoms with van der Waals surface area (Å²) >= 11 is 2.93. The Morgan fingerprint density at radius 1 is 1.37 bits per heavy atom. The lowest BCUT2D eigenvalue weighted by Crippen LogP contribution is -2.14. The zero-order valence-corrected chi connectivity index (χ0v) is 19.2. The van der Waals surface area contributed by atoms with Crippen LogP contribution in [0, 0.1) is 12.8 Å². The summed E-state index contributed by atoms with van der Waals surface area (Å²) < 4.78 is 2.12. The van der Waals surface area contributed by atoms with Gasteiger partial charge in [-0.15, -0.1) is 42.5 Å². The van der Waals surface area contributed by atoms with E-state index in [4.69, 9.17) is 0 Å². The average molecular weight is 442 g/mol. The fraction of sp³-hybridized carbons (Fsp3) is 0.273. The minimum atomic E-state index is -0.0815. The van der Waals surface area contributed by atoms with Gasteiger partial charge in [-0.05, 0) is 13.0 Å².